The van der Waals surface area contributed by atoms with Crippen molar-refractivity contribution in [1.29, 1.82) is 0 Å². The molecule has 0 radical (unpaired) electrons. The van der Waals surface area contributed by atoms with Gasteiger partial charge in [-0.2, -0.15) is 0 Å². The molecule has 2 aromatic carbocycles. The van der Waals surface area contributed by atoms with Crippen molar-refractivity contribution in [3.05, 3.63) is 53.6 Å². The fourth-order valence-corrected chi connectivity index (χ4v) is 3.08. The summed E-state index contributed by atoms with van der Waals surface area (Å²) >= 11 is 0. The molecule has 0 atom stereocenters. The molecule has 0 spiro atoms. The zero-order chi connectivity index (χ0) is 20.5. The number of nitrogen functional groups attached to an aromatic ring is 1. The minimum absolute atomic E-state index is 0.214. The average molecular weight is 383 g/mol. The zero-order valence-corrected chi connectivity index (χ0v) is 17.7. The van der Waals surface area contributed by atoms with Crippen molar-refractivity contribution in [3.8, 4) is 11.1 Å². The van der Waals surface area contributed by atoms with Gasteiger partial charge in [0.1, 0.15) is 0 Å². The molecule has 0 aliphatic heterocycles. The molecule has 2 N–H and O–H groups in total. The maximum Gasteiger partial charge on any atom is 0.410 e. The van der Waals surface area contributed by atoms with Gasteiger partial charge < -0.3 is 15.4 Å². The van der Waals surface area contributed by atoms with Gasteiger partial charge in [-0.1, -0.05) is 57.5 Å². The van der Waals surface area contributed by atoms with Gasteiger partial charge in [0, 0.05) is 18.8 Å². The monoisotopic (exact) mass is 382 g/mol. The van der Waals surface area contributed by atoms with Crippen LogP contribution in [0.3, 0.4) is 0 Å². The SMILES string of the molecule is CCCCOC(=O)N(CCC(C)C)Cc1ccc(-c2ccc(N)cc2)c(C)c1. The summed E-state index contributed by atoms with van der Waals surface area (Å²) in [6, 6.07) is 14.3. The molecule has 0 unspecified atom stereocenters. The molecule has 152 valence electrons. The lowest BCUT2D eigenvalue weighted by atomic mass is 9.98. The average Bonchev–Trinajstić information content (AvgIpc) is 2.66. The van der Waals surface area contributed by atoms with E-state index in [-0.39, 0.29) is 6.09 Å². The van der Waals surface area contributed by atoms with Crippen molar-refractivity contribution in [2.75, 3.05) is 18.9 Å². The molecule has 0 saturated heterocycles. The predicted molar refractivity (Wildman–Crippen MR) is 117 cm³/mol. The number of anilines is 1. The van der Waals surface area contributed by atoms with Gasteiger partial charge in [0.05, 0.1) is 6.61 Å². The van der Waals surface area contributed by atoms with Crippen LogP contribution in [0.2, 0.25) is 0 Å². The topological polar surface area (TPSA) is 55.6 Å². The number of hydrogen-bond donors (Lipinski definition) is 1. The molecule has 0 aliphatic carbocycles. The lowest BCUT2D eigenvalue weighted by Gasteiger charge is -2.23. The minimum Gasteiger partial charge on any atom is -0.449 e. The molecular weight excluding hydrogens is 348 g/mol. The van der Waals surface area contributed by atoms with Crippen LogP contribution in [0.5, 0.6) is 0 Å². The van der Waals surface area contributed by atoms with E-state index in [1.807, 2.05) is 29.2 Å². The van der Waals surface area contributed by atoms with Crippen LogP contribution in [0.1, 0.15) is 51.2 Å². The number of carbonyl (C=O) groups excluding carboxylic acids is 1. The van der Waals surface area contributed by atoms with Gasteiger partial charge in [0.15, 0.2) is 0 Å². The summed E-state index contributed by atoms with van der Waals surface area (Å²) in [5.41, 5.74) is 11.2. The van der Waals surface area contributed by atoms with E-state index < -0.39 is 0 Å². The predicted octanol–water partition coefficient (Wildman–Crippen LogP) is 6.03. The second-order valence-corrected chi connectivity index (χ2v) is 7.84. The third-order valence-electron chi connectivity index (χ3n) is 4.84. The van der Waals surface area contributed by atoms with E-state index in [1.165, 1.54) is 11.1 Å². The Bertz CT molecular complexity index is 754. The quantitative estimate of drug-likeness (QED) is 0.425. The maximum atomic E-state index is 12.5. The summed E-state index contributed by atoms with van der Waals surface area (Å²) < 4.78 is 5.46. The van der Waals surface area contributed by atoms with E-state index in [1.54, 1.807) is 0 Å². The molecule has 1 amide bonds. The van der Waals surface area contributed by atoms with Crippen LogP contribution in [0.4, 0.5) is 10.5 Å². The van der Waals surface area contributed by atoms with Crippen molar-refractivity contribution in [2.24, 2.45) is 5.92 Å². The molecular formula is C24H34N2O2. The normalized spacial score (nSPS) is 10.9. The van der Waals surface area contributed by atoms with Crippen LogP contribution < -0.4 is 5.73 Å². The zero-order valence-electron chi connectivity index (χ0n) is 17.7. The number of ether oxygens (including phenoxy) is 1. The fraction of sp³-hybridized carbons (Fsp3) is 0.458. The number of rotatable bonds is 9. The highest BCUT2D eigenvalue weighted by Gasteiger charge is 2.16. The number of benzene rings is 2. The molecule has 0 fully saturated rings. The van der Waals surface area contributed by atoms with Gasteiger partial charge in [-0.15, -0.1) is 0 Å². The first-order chi connectivity index (χ1) is 13.4. The first-order valence-electron chi connectivity index (χ1n) is 10.3. The van der Waals surface area contributed by atoms with Crippen LogP contribution in [-0.4, -0.2) is 24.1 Å². The number of hydrogen-bond acceptors (Lipinski definition) is 3. The third-order valence-corrected chi connectivity index (χ3v) is 4.84. The lowest BCUT2D eigenvalue weighted by molar-refractivity contribution is 0.0967. The maximum absolute atomic E-state index is 12.5. The molecule has 0 aromatic heterocycles. The van der Waals surface area contributed by atoms with Crippen LogP contribution in [0.15, 0.2) is 42.5 Å². The highest BCUT2D eigenvalue weighted by molar-refractivity contribution is 5.70. The van der Waals surface area contributed by atoms with Crippen molar-refractivity contribution in [2.45, 2.75) is 53.5 Å². The first kappa shape index (κ1) is 21.8. The van der Waals surface area contributed by atoms with E-state index in [2.05, 4.69) is 45.9 Å². The van der Waals surface area contributed by atoms with Crippen molar-refractivity contribution in [1.82, 2.24) is 4.90 Å². The van der Waals surface area contributed by atoms with E-state index in [0.717, 1.165) is 36.1 Å². The highest BCUT2D eigenvalue weighted by Crippen LogP contribution is 2.25. The van der Waals surface area contributed by atoms with Crippen LogP contribution in [-0.2, 0) is 11.3 Å². The Morgan fingerprint density at radius 3 is 2.46 bits per heavy atom. The van der Waals surface area contributed by atoms with Crippen molar-refractivity contribution >= 4 is 11.8 Å². The summed E-state index contributed by atoms with van der Waals surface area (Å²) in [5, 5.41) is 0. The van der Waals surface area contributed by atoms with Gasteiger partial charge in [-0.25, -0.2) is 4.79 Å². The van der Waals surface area contributed by atoms with Crippen molar-refractivity contribution < 1.29 is 9.53 Å². The molecule has 0 heterocycles. The number of nitrogens with two attached hydrogens (primary N) is 1. The van der Waals surface area contributed by atoms with Crippen LogP contribution in [0.25, 0.3) is 11.1 Å². The summed E-state index contributed by atoms with van der Waals surface area (Å²) in [6.07, 6.45) is 2.67. The lowest BCUT2D eigenvalue weighted by Crippen LogP contribution is -2.33. The molecule has 2 rings (SSSR count). The van der Waals surface area contributed by atoms with Gasteiger partial charge in [-0.3, -0.25) is 0 Å². The molecule has 28 heavy (non-hydrogen) atoms. The molecule has 4 nitrogen and oxygen atoms in total. The standard InChI is InChI=1S/C24H34N2O2/c1-5-6-15-28-24(27)26(14-13-18(2)3)17-20-7-12-23(19(4)16-20)21-8-10-22(25)11-9-21/h7-12,16,18H,5-6,13-15,17,25H2,1-4H3. The third kappa shape index (κ3) is 6.59. The summed E-state index contributed by atoms with van der Waals surface area (Å²) in [6.45, 7) is 10.3. The number of aryl methyl sites for hydroxylation is 1. The van der Waals surface area contributed by atoms with Gasteiger partial charge in [0.2, 0.25) is 0 Å². The molecule has 4 heteroatoms. The fourth-order valence-electron chi connectivity index (χ4n) is 3.08. The Balaban J connectivity index is 2.12. The minimum atomic E-state index is -0.214. The van der Waals surface area contributed by atoms with Crippen molar-refractivity contribution in [3.63, 3.8) is 0 Å². The van der Waals surface area contributed by atoms with E-state index >= 15 is 0 Å². The Morgan fingerprint density at radius 1 is 1.14 bits per heavy atom. The van der Waals surface area contributed by atoms with Gasteiger partial charge >= 0.3 is 6.09 Å². The first-order valence-corrected chi connectivity index (χ1v) is 10.3. The second-order valence-electron chi connectivity index (χ2n) is 7.84. The number of unbranched alkanes of at least 4 members (excludes halogenated alkanes) is 1. The van der Waals surface area contributed by atoms with E-state index in [0.29, 0.717) is 25.6 Å². The smallest absolute Gasteiger partial charge is 0.410 e. The van der Waals surface area contributed by atoms with E-state index in [9.17, 15) is 4.79 Å². The largest absolute Gasteiger partial charge is 0.449 e. The summed E-state index contributed by atoms with van der Waals surface area (Å²) in [7, 11) is 0. The number of carbonyl (C=O) groups is 1. The molecule has 2 aromatic rings. The van der Waals surface area contributed by atoms with Gasteiger partial charge in [-0.05, 0) is 60.1 Å². The van der Waals surface area contributed by atoms with Crippen LogP contribution in [0, 0.1) is 12.8 Å². The Kier molecular flexibility index (Phi) is 8.37. The Hall–Kier alpha value is -2.49. The van der Waals surface area contributed by atoms with Crippen LogP contribution >= 0.6 is 0 Å². The molecule has 0 bridgehead atoms. The highest BCUT2D eigenvalue weighted by atomic mass is 16.6. The Labute approximate surface area is 169 Å². The Morgan fingerprint density at radius 2 is 1.86 bits per heavy atom. The number of amides is 1. The summed E-state index contributed by atoms with van der Waals surface area (Å²) in [4.78, 5) is 14.4. The summed E-state index contributed by atoms with van der Waals surface area (Å²) in [5.74, 6) is 0.542. The molecule has 0 saturated carbocycles. The second kappa shape index (κ2) is 10.7. The van der Waals surface area contributed by atoms with E-state index in [4.69, 9.17) is 10.5 Å². The molecule has 0 aliphatic rings. The number of nitrogens with zero attached hydrogens (tertiary/aromatic N) is 1. The van der Waals surface area contributed by atoms with Gasteiger partial charge in [0.25, 0.3) is 0 Å².